The summed E-state index contributed by atoms with van der Waals surface area (Å²) in [6.45, 7) is 4.20. The molecule has 0 aliphatic carbocycles. The van der Waals surface area contributed by atoms with E-state index in [-0.39, 0.29) is 0 Å². The number of anilines is 3. The molecule has 3 rings (SSSR count). The molecule has 0 unspecified atom stereocenters. The SMILES string of the molecule is C=C/C(=C\C(=C/CNc1nc2ccccc2nc1NSc1cccc(NC)c1)OC)OC. The quantitative estimate of drug-likeness (QED) is 0.203. The summed E-state index contributed by atoms with van der Waals surface area (Å²) in [6.07, 6.45) is 5.29. The lowest BCUT2D eigenvalue weighted by molar-refractivity contribution is 0.284. The summed E-state index contributed by atoms with van der Waals surface area (Å²) in [5.74, 6) is 2.56. The minimum atomic E-state index is 0.482. The van der Waals surface area contributed by atoms with Crippen LogP contribution >= 0.6 is 11.9 Å². The number of benzene rings is 2. The maximum atomic E-state index is 5.41. The van der Waals surface area contributed by atoms with E-state index in [0.29, 0.717) is 29.7 Å². The zero-order chi connectivity index (χ0) is 22.8. The summed E-state index contributed by atoms with van der Waals surface area (Å²) < 4.78 is 14.0. The Morgan fingerprint density at radius 2 is 1.72 bits per heavy atom. The standard InChI is InChI=1S/C24H27N5O2S/c1-5-18(30-3)16-19(31-4)13-14-26-23-24(28-22-12-7-6-11-21(22)27-23)29-32-20-10-8-9-17(15-20)25-2/h5-13,15-16,25H,1,14H2,2-4H3,(H,26,27)(H,28,29)/b18-16+,19-13+. The van der Waals surface area contributed by atoms with Crippen LogP contribution in [0.4, 0.5) is 17.3 Å². The van der Waals surface area contributed by atoms with Crippen molar-refractivity contribution in [3.05, 3.63) is 84.9 Å². The van der Waals surface area contributed by atoms with Gasteiger partial charge in [0.05, 0.1) is 25.3 Å². The number of fused-ring (bicyclic) bond motifs is 1. The van der Waals surface area contributed by atoms with Crippen molar-refractivity contribution in [2.45, 2.75) is 4.90 Å². The van der Waals surface area contributed by atoms with Crippen molar-refractivity contribution >= 4 is 40.3 Å². The Labute approximate surface area is 192 Å². The lowest BCUT2D eigenvalue weighted by atomic mass is 10.3. The first-order valence-electron chi connectivity index (χ1n) is 10.0. The van der Waals surface area contributed by atoms with Crippen LogP contribution in [0.3, 0.4) is 0 Å². The molecule has 3 aromatic rings. The van der Waals surface area contributed by atoms with Gasteiger partial charge in [-0.25, -0.2) is 9.97 Å². The normalized spacial score (nSPS) is 11.7. The van der Waals surface area contributed by atoms with Crippen molar-refractivity contribution < 1.29 is 9.47 Å². The van der Waals surface area contributed by atoms with Crippen LogP contribution in [0, 0.1) is 0 Å². The highest BCUT2D eigenvalue weighted by Crippen LogP contribution is 2.28. The number of ether oxygens (including phenoxy) is 2. The van der Waals surface area contributed by atoms with Crippen molar-refractivity contribution in [2.75, 3.05) is 43.2 Å². The number of aromatic nitrogens is 2. The van der Waals surface area contributed by atoms with Gasteiger partial charge in [0.15, 0.2) is 11.6 Å². The molecule has 7 nitrogen and oxygen atoms in total. The summed E-state index contributed by atoms with van der Waals surface area (Å²) in [5, 5.41) is 6.47. The third-order valence-electron chi connectivity index (χ3n) is 4.49. The minimum absolute atomic E-state index is 0.482. The van der Waals surface area contributed by atoms with Crippen LogP contribution in [-0.2, 0) is 9.47 Å². The van der Waals surface area contributed by atoms with Gasteiger partial charge in [-0.1, -0.05) is 24.8 Å². The van der Waals surface area contributed by atoms with Gasteiger partial charge >= 0.3 is 0 Å². The zero-order valence-corrected chi connectivity index (χ0v) is 19.2. The fourth-order valence-corrected chi connectivity index (χ4v) is 3.50. The molecule has 166 valence electrons. The number of rotatable bonds is 11. The van der Waals surface area contributed by atoms with E-state index in [2.05, 4.69) is 28.0 Å². The molecule has 0 atom stereocenters. The summed E-state index contributed by atoms with van der Waals surface area (Å²) >= 11 is 1.47. The van der Waals surface area contributed by atoms with Gasteiger partial charge in [0.1, 0.15) is 11.5 Å². The fourth-order valence-electron chi connectivity index (χ4n) is 2.81. The molecule has 0 aliphatic heterocycles. The molecule has 1 aromatic heterocycles. The van der Waals surface area contributed by atoms with E-state index in [1.54, 1.807) is 26.4 Å². The highest BCUT2D eigenvalue weighted by atomic mass is 32.2. The Morgan fingerprint density at radius 3 is 2.38 bits per heavy atom. The molecule has 3 N–H and O–H groups in total. The molecule has 0 fully saturated rings. The van der Waals surface area contributed by atoms with Gasteiger partial charge in [0, 0.05) is 30.3 Å². The second-order valence-corrected chi connectivity index (χ2v) is 7.42. The van der Waals surface area contributed by atoms with Gasteiger partial charge in [0.2, 0.25) is 0 Å². The number of hydrogen-bond acceptors (Lipinski definition) is 8. The van der Waals surface area contributed by atoms with Crippen LogP contribution < -0.4 is 15.4 Å². The molecule has 32 heavy (non-hydrogen) atoms. The number of hydrogen-bond donors (Lipinski definition) is 3. The van der Waals surface area contributed by atoms with Crippen LogP contribution in [0.25, 0.3) is 11.0 Å². The third-order valence-corrected chi connectivity index (χ3v) is 5.27. The van der Waals surface area contributed by atoms with Gasteiger partial charge in [-0.05, 0) is 54.4 Å². The monoisotopic (exact) mass is 449 g/mol. The first kappa shape index (κ1) is 23.0. The van der Waals surface area contributed by atoms with E-state index in [9.17, 15) is 0 Å². The maximum Gasteiger partial charge on any atom is 0.180 e. The van der Waals surface area contributed by atoms with Crippen molar-refractivity contribution in [1.29, 1.82) is 0 Å². The second-order valence-electron chi connectivity index (χ2n) is 6.54. The summed E-state index contributed by atoms with van der Waals surface area (Å²) in [4.78, 5) is 10.6. The molecule has 0 spiro atoms. The third kappa shape index (κ3) is 6.18. The van der Waals surface area contributed by atoms with Crippen LogP contribution in [0.1, 0.15) is 0 Å². The van der Waals surface area contributed by atoms with Crippen molar-refractivity contribution in [3.8, 4) is 0 Å². The van der Waals surface area contributed by atoms with Crippen LogP contribution in [0.5, 0.6) is 0 Å². The molecule has 2 aromatic carbocycles. The Hall–Kier alpha value is -3.65. The Morgan fingerprint density at radius 1 is 1.00 bits per heavy atom. The molecule has 8 heteroatoms. The van der Waals surface area contributed by atoms with E-state index in [1.807, 2.05) is 55.6 Å². The number of para-hydroxylation sites is 2. The largest absolute Gasteiger partial charge is 0.497 e. The van der Waals surface area contributed by atoms with Crippen LogP contribution in [0.2, 0.25) is 0 Å². The average molecular weight is 450 g/mol. The molecule has 0 aliphatic rings. The lowest BCUT2D eigenvalue weighted by Crippen LogP contribution is -2.07. The molecule has 0 bridgehead atoms. The fraction of sp³-hybridized carbons (Fsp3) is 0.167. The van der Waals surface area contributed by atoms with Gasteiger partial charge in [-0.3, -0.25) is 0 Å². The van der Waals surface area contributed by atoms with E-state index >= 15 is 0 Å². The average Bonchev–Trinajstić information content (AvgIpc) is 2.84. The number of methoxy groups -OCH3 is 2. The Bertz CT molecular complexity index is 1130. The predicted molar refractivity (Wildman–Crippen MR) is 134 cm³/mol. The number of allylic oxidation sites excluding steroid dienone is 2. The van der Waals surface area contributed by atoms with Gasteiger partial charge in [0.25, 0.3) is 0 Å². The van der Waals surface area contributed by atoms with Crippen LogP contribution in [-0.4, -0.2) is 37.8 Å². The van der Waals surface area contributed by atoms with Gasteiger partial charge in [-0.2, -0.15) is 0 Å². The maximum absolute atomic E-state index is 5.41. The Balaban J connectivity index is 1.82. The zero-order valence-electron chi connectivity index (χ0n) is 18.4. The molecular formula is C24H27N5O2S. The molecule has 0 saturated heterocycles. The van der Waals surface area contributed by atoms with Crippen molar-refractivity contribution in [3.63, 3.8) is 0 Å². The lowest BCUT2D eigenvalue weighted by Gasteiger charge is -2.13. The minimum Gasteiger partial charge on any atom is -0.497 e. The topological polar surface area (TPSA) is 80.3 Å². The highest BCUT2D eigenvalue weighted by Gasteiger charge is 2.09. The summed E-state index contributed by atoms with van der Waals surface area (Å²) in [5.41, 5.74) is 2.67. The highest BCUT2D eigenvalue weighted by molar-refractivity contribution is 8.00. The first-order valence-corrected chi connectivity index (χ1v) is 10.8. The first-order chi connectivity index (χ1) is 15.7. The van der Waals surface area contributed by atoms with E-state index in [0.717, 1.165) is 21.6 Å². The second kappa shape index (κ2) is 11.7. The number of nitrogens with zero attached hydrogens (tertiary/aromatic N) is 2. The molecule has 1 heterocycles. The molecular weight excluding hydrogens is 422 g/mol. The van der Waals surface area contributed by atoms with Crippen molar-refractivity contribution in [1.82, 2.24) is 9.97 Å². The predicted octanol–water partition coefficient (Wildman–Crippen LogP) is 5.45. The van der Waals surface area contributed by atoms with Gasteiger partial charge in [-0.15, -0.1) is 0 Å². The molecule has 0 radical (unpaired) electrons. The number of nitrogens with one attached hydrogen (secondary N) is 3. The van der Waals surface area contributed by atoms with E-state index in [4.69, 9.17) is 19.4 Å². The van der Waals surface area contributed by atoms with E-state index in [1.165, 1.54) is 11.9 Å². The summed E-state index contributed by atoms with van der Waals surface area (Å²) in [6, 6.07) is 15.9. The van der Waals surface area contributed by atoms with Gasteiger partial charge < -0.3 is 24.8 Å². The van der Waals surface area contributed by atoms with Crippen LogP contribution in [0.15, 0.2) is 89.8 Å². The Kier molecular flexibility index (Phi) is 8.39. The molecule has 0 saturated carbocycles. The molecule has 0 amide bonds. The smallest absolute Gasteiger partial charge is 0.180 e. The summed E-state index contributed by atoms with van der Waals surface area (Å²) in [7, 11) is 5.10. The van der Waals surface area contributed by atoms with Crippen molar-refractivity contribution in [2.24, 2.45) is 0 Å². The van der Waals surface area contributed by atoms with E-state index < -0.39 is 0 Å².